The molecule has 0 saturated carbocycles. The highest BCUT2D eigenvalue weighted by Crippen LogP contribution is 2.01. The first-order valence-corrected chi connectivity index (χ1v) is 6.68. The van der Waals surface area contributed by atoms with Crippen LogP contribution in [0.25, 0.3) is 0 Å². The van der Waals surface area contributed by atoms with Gasteiger partial charge in [0, 0.05) is 12.6 Å². The second-order valence-electron chi connectivity index (χ2n) is 3.96. The SMILES string of the molecule is CCN(CC)CCCCNc1cc(=S)nc[nH]1. The van der Waals surface area contributed by atoms with E-state index in [-0.39, 0.29) is 0 Å². The molecule has 1 rings (SSSR count). The molecule has 4 nitrogen and oxygen atoms in total. The summed E-state index contributed by atoms with van der Waals surface area (Å²) in [6.45, 7) is 8.85. The number of hydrogen-bond acceptors (Lipinski definition) is 4. The summed E-state index contributed by atoms with van der Waals surface area (Å²) in [5, 5.41) is 3.31. The van der Waals surface area contributed by atoms with Crippen molar-refractivity contribution in [2.24, 2.45) is 0 Å². The summed E-state index contributed by atoms with van der Waals surface area (Å²) in [5.74, 6) is 0.952. The molecule has 96 valence electrons. The fourth-order valence-corrected chi connectivity index (χ4v) is 1.86. The Morgan fingerprint density at radius 2 is 2.12 bits per heavy atom. The lowest BCUT2D eigenvalue weighted by Crippen LogP contribution is -2.24. The Labute approximate surface area is 108 Å². The predicted molar refractivity (Wildman–Crippen MR) is 74.9 cm³/mol. The zero-order chi connectivity index (χ0) is 12.5. The van der Waals surface area contributed by atoms with Crippen molar-refractivity contribution in [3.63, 3.8) is 0 Å². The van der Waals surface area contributed by atoms with Gasteiger partial charge in [-0.15, -0.1) is 0 Å². The van der Waals surface area contributed by atoms with E-state index in [4.69, 9.17) is 12.2 Å². The third-order valence-corrected chi connectivity index (χ3v) is 3.01. The zero-order valence-corrected chi connectivity index (χ0v) is 11.5. The Morgan fingerprint density at radius 1 is 1.35 bits per heavy atom. The molecule has 0 radical (unpaired) electrons. The maximum absolute atomic E-state index is 4.99. The quantitative estimate of drug-likeness (QED) is 0.553. The maximum Gasteiger partial charge on any atom is 0.131 e. The van der Waals surface area contributed by atoms with E-state index in [1.54, 1.807) is 6.33 Å². The lowest BCUT2D eigenvalue weighted by molar-refractivity contribution is 0.298. The highest BCUT2D eigenvalue weighted by molar-refractivity contribution is 7.71. The van der Waals surface area contributed by atoms with Crippen LogP contribution in [-0.4, -0.2) is 41.0 Å². The van der Waals surface area contributed by atoms with Crippen LogP contribution >= 0.6 is 12.2 Å². The van der Waals surface area contributed by atoms with Gasteiger partial charge in [-0.1, -0.05) is 26.1 Å². The summed E-state index contributed by atoms with van der Waals surface area (Å²) in [5.41, 5.74) is 0. The Balaban J connectivity index is 2.14. The number of aromatic nitrogens is 2. The van der Waals surface area contributed by atoms with Gasteiger partial charge in [-0.2, -0.15) is 0 Å². The normalized spacial score (nSPS) is 10.8. The molecule has 0 aliphatic carbocycles. The van der Waals surface area contributed by atoms with Crippen LogP contribution in [0.2, 0.25) is 0 Å². The van der Waals surface area contributed by atoms with Crippen molar-refractivity contribution in [1.29, 1.82) is 0 Å². The first-order chi connectivity index (χ1) is 8.26. The maximum atomic E-state index is 4.99. The van der Waals surface area contributed by atoms with Crippen molar-refractivity contribution in [1.82, 2.24) is 14.9 Å². The number of rotatable bonds is 8. The van der Waals surface area contributed by atoms with Gasteiger partial charge in [0.15, 0.2) is 0 Å². The molecule has 0 unspecified atom stereocenters. The Bertz CT molecular complexity index is 360. The number of H-pyrrole nitrogens is 1. The molecule has 0 bridgehead atoms. The third-order valence-electron chi connectivity index (χ3n) is 2.79. The molecule has 0 saturated heterocycles. The summed E-state index contributed by atoms with van der Waals surface area (Å²) >= 11 is 4.99. The Kier molecular flexibility index (Phi) is 6.81. The highest BCUT2D eigenvalue weighted by Gasteiger charge is 1.98. The van der Waals surface area contributed by atoms with E-state index < -0.39 is 0 Å². The van der Waals surface area contributed by atoms with Gasteiger partial charge in [0.1, 0.15) is 10.5 Å². The zero-order valence-electron chi connectivity index (χ0n) is 10.7. The number of hydrogen-bond donors (Lipinski definition) is 2. The van der Waals surface area contributed by atoms with Crippen LogP contribution in [0.3, 0.4) is 0 Å². The van der Waals surface area contributed by atoms with Gasteiger partial charge in [-0.25, -0.2) is 4.98 Å². The van der Waals surface area contributed by atoms with E-state index in [2.05, 4.69) is 34.0 Å². The van der Waals surface area contributed by atoms with Crippen LogP contribution in [0, 0.1) is 4.64 Å². The highest BCUT2D eigenvalue weighted by atomic mass is 32.1. The topological polar surface area (TPSA) is 44.0 Å². The number of nitrogens with zero attached hydrogens (tertiary/aromatic N) is 2. The molecule has 1 heterocycles. The number of unbranched alkanes of at least 4 members (excludes halogenated alkanes) is 1. The van der Waals surface area contributed by atoms with Gasteiger partial charge in [0.05, 0.1) is 6.33 Å². The van der Waals surface area contributed by atoms with Crippen molar-refractivity contribution >= 4 is 18.0 Å². The summed E-state index contributed by atoms with van der Waals surface area (Å²) in [6, 6.07) is 1.85. The fraction of sp³-hybridized carbons (Fsp3) is 0.667. The molecule has 0 aromatic carbocycles. The number of aromatic amines is 1. The molecule has 0 fully saturated rings. The van der Waals surface area contributed by atoms with Gasteiger partial charge in [-0.3, -0.25) is 0 Å². The standard InChI is InChI=1S/C12H22N4S/c1-3-16(4-2)8-6-5-7-13-11-9-12(17)15-10-14-11/h9-10H,3-8H2,1-2H3,(H2,13,14,15,17). The van der Waals surface area contributed by atoms with Crippen molar-refractivity contribution in [2.45, 2.75) is 26.7 Å². The van der Waals surface area contributed by atoms with Crippen LogP contribution in [0.15, 0.2) is 12.4 Å². The van der Waals surface area contributed by atoms with Crippen LogP contribution in [0.1, 0.15) is 26.7 Å². The predicted octanol–water partition coefficient (Wildman–Crippen LogP) is 2.67. The molecule has 17 heavy (non-hydrogen) atoms. The van der Waals surface area contributed by atoms with Crippen molar-refractivity contribution in [3.8, 4) is 0 Å². The lowest BCUT2D eigenvalue weighted by Gasteiger charge is -2.17. The minimum atomic E-state index is 0.620. The largest absolute Gasteiger partial charge is 0.372 e. The fourth-order valence-electron chi connectivity index (χ4n) is 1.69. The number of anilines is 1. The molecule has 0 aliphatic heterocycles. The Morgan fingerprint density at radius 3 is 2.76 bits per heavy atom. The van der Waals surface area contributed by atoms with Gasteiger partial charge >= 0.3 is 0 Å². The summed E-state index contributed by atoms with van der Waals surface area (Å²) in [7, 11) is 0. The van der Waals surface area contributed by atoms with Gasteiger partial charge in [-0.05, 0) is 32.5 Å². The van der Waals surface area contributed by atoms with Crippen LogP contribution in [0.5, 0.6) is 0 Å². The molecule has 2 N–H and O–H groups in total. The number of nitrogens with one attached hydrogen (secondary N) is 2. The van der Waals surface area contributed by atoms with Crippen LogP contribution in [0.4, 0.5) is 5.82 Å². The van der Waals surface area contributed by atoms with Crippen LogP contribution in [-0.2, 0) is 0 Å². The summed E-state index contributed by atoms with van der Waals surface area (Å²) < 4.78 is 0.620. The second kappa shape index (κ2) is 8.20. The van der Waals surface area contributed by atoms with Crippen LogP contribution < -0.4 is 5.32 Å². The smallest absolute Gasteiger partial charge is 0.131 e. The first-order valence-electron chi connectivity index (χ1n) is 6.27. The second-order valence-corrected chi connectivity index (χ2v) is 4.38. The van der Waals surface area contributed by atoms with E-state index in [9.17, 15) is 0 Å². The molecule has 0 spiro atoms. The average Bonchev–Trinajstić information content (AvgIpc) is 2.34. The lowest BCUT2D eigenvalue weighted by atomic mass is 10.3. The van der Waals surface area contributed by atoms with Crippen molar-refractivity contribution in [3.05, 3.63) is 17.0 Å². The van der Waals surface area contributed by atoms with E-state index in [1.165, 1.54) is 19.4 Å². The summed E-state index contributed by atoms with van der Waals surface area (Å²) in [6.07, 6.45) is 4.01. The molecule has 5 heteroatoms. The van der Waals surface area contributed by atoms with Gasteiger partial charge in [0.2, 0.25) is 0 Å². The van der Waals surface area contributed by atoms with Crippen molar-refractivity contribution < 1.29 is 0 Å². The average molecular weight is 254 g/mol. The first kappa shape index (κ1) is 14.1. The molecular weight excluding hydrogens is 232 g/mol. The third kappa shape index (κ3) is 5.79. The Hall–Kier alpha value is -0.940. The van der Waals surface area contributed by atoms with E-state index in [0.29, 0.717) is 4.64 Å². The van der Waals surface area contributed by atoms with E-state index >= 15 is 0 Å². The molecule has 0 aliphatic rings. The van der Waals surface area contributed by atoms with Crippen molar-refractivity contribution in [2.75, 3.05) is 31.5 Å². The van der Waals surface area contributed by atoms with E-state index in [1.807, 2.05) is 6.07 Å². The molecule has 0 atom stereocenters. The van der Waals surface area contributed by atoms with Gasteiger partial charge in [0.25, 0.3) is 0 Å². The van der Waals surface area contributed by atoms with Gasteiger partial charge < -0.3 is 15.2 Å². The molecular formula is C12H22N4S. The monoisotopic (exact) mass is 254 g/mol. The summed E-state index contributed by atoms with van der Waals surface area (Å²) in [4.78, 5) is 9.42. The molecule has 0 amide bonds. The molecule has 1 aromatic heterocycles. The minimum Gasteiger partial charge on any atom is -0.372 e. The van der Waals surface area contributed by atoms with E-state index in [0.717, 1.165) is 25.5 Å². The molecule has 1 aromatic rings. The minimum absolute atomic E-state index is 0.620.